The van der Waals surface area contributed by atoms with E-state index in [1.165, 1.54) is 0 Å². The molecule has 1 aliphatic rings. The Bertz CT molecular complexity index is 859. The third kappa shape index (κ3) is 9.48. The van der Waals surface area contributed by atoms with E-state index in [-0.39, 0.29) is 17.8 Å². The molecule has 0 aromatic rings. The summed E-state index contributed by atoms with van der Waals surface area (Å²) in [5.74, 6) is -3.95. The van der Waals surface area contributed by atoms with Gasteiger partial charge in [0, 0.05) is 27.7 Å². The van der Waals surface area contributed by atoms with Gasteiger partial charge < -0.3 is 33.2 Å². The van der Waals surface area contributed by atoms with E-state index in [9.17, 15) is 24.0 Å². The molecule has 0 aromatic heterocycles. The first-order valence-electron chi connectivity index (χ1n) is 11.5. The number of hydrogen-bond acceptors (Lipinski definition) is 12. The van der Waals surface area contributed by atoms with E-state index in [1.54, 1.807) is 20.8 Å². The van der Waals surface area contributed by atoms with Gasteiger partial charge in [-0.25, -0.2) is 4.79 Å². The van der Waals surface area contributed by atoms with E-state index >= 15 is 0 Å². The minimum absolute atomic E-state index is 0.0165. The highest BCUT2D eigenvalue weighted by molar-refractivity contribution is 5.87. The number of hydrogen-bond donors (Lipinski definition) is 0. The van der Waals surface area contributed by atoms with E-state index < -0.39 is 67.2 Å². The summed E-state index contributed by atoms with van der Waals surface area (Å²) in [6.45, 7) is 12.9. The molecule has 0 aromatic carbocycles. The highest BCUT2D eigenvalue weighted by atomic mass is 16.7. The summed E-state index contributed by atoms with van der Waals surface area (Å²) in [4.78, 5) is 60.0. The van der Waals surface area contributed by atoms with Crippen LogP contribution in [0.5, 0.6) is 0 Å². The minimum atomic E-state index is -1.55. The van der Waals surface area contributed by atoms with Gasteiger partial charge in [-0.15, -0.1) is 0 Å². The van der Waals surface area contributed by atoms with Crippen molar-refractivity contribution < 1.29 is 57.1 Å². The van der Waals surface area contributed by atoms with Gasteiger partial charge >= 0.3 is 29.8 Å². The third-order valence-corrected chi connectivity index (χ3v) is 4.92. The van der Waals surface area contributed by atoms with Crippen LogP contribution in [-0.4, -0.2) is 73.3 Å². The molecule has 12 nitrogen and oxygen atoms in total. The fourth-order valence-electron chi connectivity index (χ4n) is 3.27. The Balaban J connectivity index is 3.37. The first-order valence-corrected chi connectivity index (χ1v) is 11.5. The van der Waals surface area contributed by atoms with Crippen molar-refractivity contribution in [2.75, 3.05) is 6.61 Å². The fourth-order valence-corrected chi connectivity index (χ4v) is 3.27. The minimum Gasteiger partial charge on any atom is -0.484 e. The molecule has 0 saturated carbocycles. The van der Waals surface area contributed by atoms with Crippen molar-refractivity contribution in [3.63, 3.8) is 0 Å². The Kier molecular flexibility index (Phi) is 11.8. The highest BCUT2D eigenvalue weighted by Crippen LogP contribution is 2.30. The number of carbonyl (C=O) groups excluding carboxylic acids is 5. The quantitative estimate of drug-likeness (QED) is 0.181. The zero-order valence-corrected chi connectivity index (χ0v) is 22.1. The largest absolute Gasteiger partial charge is 0.484 e. The summed E-state index contributed by atoms with van der Waals surface area (Å²) < 4.78 is 37.8. The highest BCUT2D eigenvalue weighted by Gasteiger charge is 2.53. The van der Waals surface area contributed by atoms with Crippen molar-refractivity contribution in [1.82, 2.24) is 0 Å². The van der Waals surface area contributed by atoms with Gasteiger partial charge in [-0.1, -0.05) is 13.8 Å². The molecule has 0 radical (unpaired) electrons. The van der Waals surface area contributed by atoms with Crippen molar-refractivity contribution >= 4 is 29.8 Å². The predicted molar refractivity (Wildman–Crippen MR) is 122 cm³/mol. The van der Waals surface area contributed by atoms with Crippen LogP contribution in [-0.2, 0) is 57.1 Å². The Morgan fingerprint density at radius 2 is 1.17 bits per heavy atom. The standard InChI is InChI=1S/C24H36O12/c1-11(2)13(5)19(31-12(3)4)23(29)30-10-18-20(32-14(6)25)21(33-15(7)26)22(34-16(8)27)24(36-18)35-17(9)28/h11-12,18,20-22,24H,10H2,1-9H3/b19-13-/t18?,20-,21+,22?,24+/m1/s1. The van der Waals surface area contributed by atoms with Gasteiger partial charge in [0.15, 0.2) is 12.2 Å². The molecule has 0 aliphatic carbocycles. The predicted octanol–water partition coefficient (Wildman–Crippen LogP) is 1.97. The van der Waals surface area contributed by atoms with E-state index in [4.69, 9.17) is 33.2 Å². The van der Waals surface area contributed by atoms with Crippen LogP contribution in [0.1, 0.15) is 62.3 Å². The number of ether oxygens (including phenoxy) is 7. The second-order valence-corrected chi connectivity index (χ2v) is 8.81. The molecule has 1 saturated heterocycles. The SMILES string of the molecule is CC(=O)OC1[C@@H](OC(C)=O)OC(COC(=O)/C(OC(C)C)=C(\C)C(C)C)[C@@H](OC(C)=O)[C@@H]1OC(C)=O. The lowest BCUT2D eigenvalue weighted by atomic mass is 9.98. The number of carbonyl (C=O) groups is 5. The van der Waals surface area contributed by atoms with Crippen LogP contribution >= 0.6 is 0 Å². The summed E-state index contributed by atoms with van der Waals surface area (Å²) in [5, 5.41) is 0. The Labute approximate surface area is 210 Å². The van der Waals surface area contributed by atoms with E-state index in [0.29, 0.717) is 5.57 Å². The van der Waals surface area contributed by atoms with Gasteiger partial charge in [0.25, 0.3) is 0 Å². The zero-order valence-electron chi connectivity index (χ0n) is 22.1. The van der Waals surface area contributed by atoms with E-state index in [0.717, 1.165) is 27.7 Å². The molecule has 5 atom stereocenters. The fraction of sp³-hybridized carbons (Fsp3) is 0.708. The second kappa shape index (κ2) is 13.8. The molecule has 1 rings (SSSR count). The molecular formula is C24H36O12. The maximum atomic E-state index is 12.9. The number of esters is 5. The normalized spacial score (nSPS) is 24.4. The lowest BCUT2D eigenvalue weighted by Crippen LogP contribution is -2.63. The maximum absolute atomic E-state index is 12.9. The van der Waals surface area contributed by atoms with Crippen molar-refractivity contribution in [1.29, 1.82) is 0 Å². The molecule has 1 aliphatic heterocycles. The smallest absolute Gasteiger partial charge is 0.373 e. The van der Waals surface area contributed by atoms with E-state index in [1.807, 2.05) is 13.8 Å². The third-order valence-electron chi connectivity index (χ3n) is 4.92. The topological polar surface area (TPSA) is 150 Å². The molecule has 0 bridgehead atoms. The van der Waals surface area contributed by atoms with Crippen molar-refractivity contribution in [3.8, 4) is 0 Å². The summed E-state index contributed by atoms with van der Waals surface area (Å²) in [7, 11) is 0. The van der Waals surface area contributed by atoms with Gasteiger partial charge in [-0.05, 0) is 32.3 Å². The molecule has 36 heavy (non-hydrogen) atoms. The van der Waals surface area contributed by atoms with Crippen molar-refractivity contribution in [3.05, 3.63) is 11.3 Å². The molecule has 12 heteroatoms. The summed E-state index contributed by atoms with van der Waals surface area (Å²) in [6, 6.07) is 0. The molecule has 0 N–H and O–H groups in total. The zero-order chi connectivity index (χ0) is 27.7. The van der Waals surface area contributed by atoms with Gasteiger partial charge in [-0.2, -0.15) is 0 Å². The Morgan fingerprint density at radius 1 is 0.694 bits per heavy atom. The summed E-state index contributed by atoms with van der Waals surface area (Å²) in [5.41, 5.74) is 0.653. The van der Waals surface area contributed by atoms with Gasteiger partial charge in [-0.3, -0.25) is 19.2 Å². The van der Waals surface area contributed by atoms with Crippen LogP contribution in [0.2, 0.25) is 0 Å². The van der Waals surface area contributed by atoms with Gasteiger partial charge in [0.2, 0.25) is 18.2 Å². The molecule has 2 unspecified atom stereocenters. The Morgan fingerprint density at radius 3 is 1.61 bits per heavy atom. The van der Waals surface area contributed by atoms with Gasteiger partial charge in [0.05, 0.1) is 6.10 Å². The van der Waals surface area contributed by atoms with Gasteiger partial charge in [0.1, 0.15) is 12.7 Å². The van der Waals surface area contributed by atoms with E-state index in [2.05, 4.69) is 0 Å². The molecule has 204 valence electrons. The van der Waals surface area contributed by atoms with Crippen LogP contribution < -0.4 is 0 Å². The summed E-state index contributed by atoms with van der Waals surface area (Å²) >= 11 is 0. The van der Waals surface area contributed by atoms with Crippen LogP contribution in [0, 0.1) is 5.92 Å². The molecule has 0 spiro atoms. The lowest BCUT2D eigenvalue weighted by Gasteiger charge is -2.43. The monoisotopic (exact) mass is 516 g/mol. The average Bonchev–Trinajstić information content (AvgIpc) is 2.72. The second-order valence-electron chi connectivity index (χ2n) is 8.81. The lowest BCUT2D eigenvalue weighted by molar-refractivity contribution is -0.300. The molecule has 1 fully saturated rings. The number of allylic oxidation sites excluding steroid dienone is 1. The Hall–Kier alpha value is -3.15. The van der Waals surface area contributed by atoms with Crippen molar-refractivity contribution in [2.24, 2.45) is 5.92 Å². The first kappa shape index (κ1) is 30.9. The van der Waals surface area contributed by atoms with Crippen LogP contribution in [0.3, 0.4) is 0 Å². The van der Waals surface area contributed by atoms with Crippen molar-refractivity contribution in [2.45, 2.75) is 99.1 Å². The number of rotatable bonds is 10. The molecule has 0 amide bonds. The average molecular weight is 517 g/mol. The van der Waals surface area contributed by atoms with Crippen LogP contribution in [0.4, 0.5) is 0 Å². The summed E-state index contributed by atoms with van der Waals surface area (Å²) in [6.07, 6.45) is -7.40. The molecule has 1 heterocycles. The van der Waals surface area contributed by atoms with Crippen LogP contribution in [0.15, 0.2) is 11.3 Å². The first-order chi connectivity index (χ1) is 16.6. The maximum Gasteiger partial charge on any atom is 0.373 e. The van der Waals surface area contributed by atoms with Crippen LogP contribution in [0.25, 0.3) is 0 Å². The molecular weight excluding hydrogens is 480 g/mol.